The van der Waals surface area contributed by atoms with Crippen molar-refractivity contribution in [3.8, 4) is 23.5 Å². The van der Waals surface area contributed by atoms with Crippen LogP contribution in [0.1, 0.15) is 12.5 Å². The van der Waals surface area contributed by atoms with Crippen molar-refractivity contribution in [2.45, 2.75) is 13.5 Å². The Morgan fingerprint density at radius 1 is 1.40 bits per heavy atom. The molecule has 2 rings (SSSR count). The topological polar surface area (TPSA) is 17.8 Å². The normalized spacial score (nSPS) is 9.87. The summed E-state index contributed by atoms with van der Waals surface area (Å²) < 4.78 is 1.89. The lowest BCUT2D eigenvalue weighted by Crippen LogP contribution is -1.92. The zero-order valence-corrected chi connectivity index (χ0v) is 8.64. The first-order valence-electron chi connectivity index (χ1n) is 4.93. The van der Waals surface area contributed by atoms with E-state index >= 15 is 0 Å². The van der Waals surface area contributed by atoms with Gasteiger partial charge in [-0.05, 0) is 13.0 Å². The summed E-state index contributed by atoms with van der Waals surface area (Å²) in [5.74, 6) is 2.68. The molecule has 0 aliphatic heterocycles. The van der Waals surface area contributed by atoms with Crippen LogP contribution in [0.5, 0.6) is 0 Å². The fourth-order valence-electron chi connectivity index (χ4n) is 1.54. The summed E-state index contributed by atoms with van der Waals surface area (Å²) in [5.41, 5.74) is 3.05. The molecule has 0 radical (unpaired) electrons. The van der Waals surface area contributed by atoms with Gasteiger partial charge in [0.2, 0.25) is 0 Å². The van der Waals surface area contributed by atoms with E-state index in [-0.39, 0.29) is 0 Å². The van der Waals surface area contributed by atoms with Crippen LogP contribution in [-0.2, 0) is 6.54 Å². The quantitative estimate of drug-likeness (QED) is 0.675. The molecule has 2 nitrogen and oxygen atoms in total. The minimum Gasteiger partial charge on any atom is -0.272 e. The number of aryl methyl sites for hydroxylation is 1. The summed E-state index contributed by atoms with van der Waals surface area (Å²) in [6.45, 7) is 2.93. The molecule has 2 aromatic rings. The highest BCUT2D eigenvalue weighted by atomic mass is 15.3. The Morgan fingerprint density at radius 2 is 2.20 bits per heavy atom. The molecular formula is C13H12N2. The molecule has 0 saturated heterocycles. The van der Waals surface area contributed by atoms with Crippen LogP contribution in [0.25, 0.3) is 11.1 Å². The Balaban J connectivity index is 2.49. The third-order valence-electron chi connectivity index (χ3n) is 2.35. The van der Waals surface area contributed by atoms with Gasteiger partial charge in [-0.3, -0.25) is 4.68 Å². The molecule has 2 heteroatoms. The number of nitrogens with zero attached hydrogens (tertiary/aromatic N) is 2. The smallest absolute Gasteiger partial charge is 0.0568 e. The van der Waals surface area contributed by atoms with Gasteiger partial charge in [-0.2, -0.15) is 5.10 Å². The predicted octanol–water partition coefficient (Wildman–Crippen LogP) is 2.55. The third kappa shape index (κ3) is 1.77. The molecule has 1 aromatic heterocycles. The number of aromatic nitrogens is 2. The molecule has 0 atom stereocenters. The molecule has 1 heterocycles. The molecule has 0 saturated carbocycles. The maximum atomic E-state index is 5.45. The lowest BCUT2D eigenvalue weighted by Gasteiger charge is -2.00. The van der Waals surface area contributed by atoms with E-state index in [9.17, 15) is 0 Å². The molecule has 0 N–H and O–H groups in total. The molecule has 0 amide bonds. The zero-order valence-electron chi connectivity index (χ0n) is 8.64. The third-order valence-corrected chi connectivity index (χ3v) is 2.35. The molecule has 0 unspecified atom stereocenters. The van der Waals surface area contributed by atoms with Crippen LogP contribution in [0.15, 0.2) is 36.7 Å². The molecule has 0 bridgehead atoms. The summed E-state index contributed by atoms with van der Waals surface area (Å²) in [6, 6.07) is 7.90. The highest BCUT2D eigenvalue weighted by Gasteiger charge is 2.04. The second kappa shape index (κ2) is 4.02. The van der Waals surface area contributed by atoms with Crippen molar-refractivity contribution in [2.75, 3.05) is 0 Å². The van der Waals surface area contributed by atoms with E-state index in [2.05, 4.69) is 17.9 Å². The van der Waals surface area contributed by atoms with E-state index in [4.69, 9.17) is 6.42 Å². The van der Waals surface area contributed by atoms with E-state index in [1.165, 1.54) is 0 Å². The largest absolute Gasteiger partial charge is 0.272 e. The maximum absolute atomic E-state index is 5.45. The molecule has 0 aliphatic carbocycles. The van der Waals surface area contributed by atoms with E-state index < -0.39 is 0 Å². The molecule has 0 aliphatic rings. The van der Waals surface area contributed by atoms with Crippen LogP contribution >= 0.6 is 0 Å². The van der Waals surface area contributed by atoms with Crippen LogP contribution in [0, 0.1) is 12.3 Å². The number of rotatable bonds is 2. The lowest BCUT2D eigenvalue weighted by atomic mass is 10.0. The van der Waals surface area contributed by atoms with Crippen LogP contribution < -0.4 is 0 Å². The van der Waals surface area contributed by atoms with Gasteiger partial charge in [0.25, 0.3) is 0 Å². The standard InChI is InChI=1S/C13H12N2/c1-3-11-7-5-6-8-13(11)12-9-14-15(4-2)10-12/h1,5-10H,4H2,2H3. The summed E-state index contributed by atoms with van der Waals surface area (Å²) in [4.78, 5) is 0. The minimum absolute atomic E-state index is 0.873. The second-order valence-corrected chi connectivity index (χ2v) is 3.27. The summed E-state index contributed by atoms with van der Waals surface area (Å²) in [6.07, 6.45) is 9.31. The Labute approximate surface area is 89.6 Å². The first-order chi connectivity index (χ1) is 7.35. The van der Waals surface area contributed by atoms with E-state index in [1.807, 2.05) is 41.3 Å². The van der Waals surface area contributed by atoms with Gasteiger partial charge in [0.15, 0.2) is 0 Å². The maximum Gasteiger partial charge on any atom is 0.0568 e. The average molecular weight is 196 g/mol. The molecule has 0 spiro atoms. The molecular weight excluding hydrogens is 184 g/mol. The van der Waals surface area contributed by atoms with Gasteiger partial charge in [0, 0.05) is 29.4 Å². The Kier molecular flexibility index (Phi) is 2.55. The van der Waals surface area contributed by atoms with Gasteiger partial charge in [-0.25, -0.2) is 0 Å². The second-order valence-electron chi connectivity index (χ2n) is 3.27. The van der Waals surface area contributed by atoms with Crippen LogP contribution in [0.4, 0.5) is 0 Å². The SMILES string of the molecule is C#Cc1ccccc1-c1cnn(CC)c1. The van der Waals surface area contributed by atoms with E-state index in [0.717, 1.165) is 23.2 Å². The first-order valence-corrected chi connectivity index (χ1v) is 4.93. The van der Waals surface area contributed by atoms with Gasteiger partial charge >= 0.3 is 0 Å². The summed E-state index contributed by atoms with van der Waals surface area (Å²) in [7, 11) is 0. The Hall–Kier alpha value is -2.01. The highest BCUT2D eigenvalue weighted by molar-refractivity contribution is 5.69. The van der Waals surface area contributed by atoms with Crippen LogP contribution in [-0.4, -0.2) is 9.78 Å². The lowest BCUT2D eigenvalue weighted by molar-refractivity contribution is 0.660. The van der Waals surface area contributed by atoms with Gasteiger partial charge < -0.3 is 0 Å². The van der Waals surface area contributed by atoms with Crippen molar-refractivity contribution < 1.29 is 0 Å². The van der Waals surface area contributed by atoms with E-state index in [1.54, 1.807) is 0 Å². The van der Waals surface area contributed by atoms with Crippen molar-refractivity contribution in [2.24, 2.45) is 0 Å². The number of hydrogen-bond donors (Lipinski definition) is 0. The minimum atomic E-state index is 0.873. The van der Waals surface area contributed by atoms with Crippen molar-refractivity contribution in [3.05, 3.63) is 42.2 Å². The molecule has 15 heavy (non-hydrogen) atoms. The first kappa shape index (κ1) is 9.54. The fourth-order valence-corrected chi connectivity index (χ4v) is 1.54. The Bertz CT molecular complexity index is 503. The number of terminal acetylenes is 1. The van der Waals surface area contributed by atoms with Crippen molar-refractivity contribution >= 4 is 0 Å². The number of benzene rings is 1. The monoisotopic (exact) mass is 196 g/mol. The predicted molar refractivity (Wildman–Crippen MR) is 61.3 cm³/mol. The fraction of sp³-hybridized carbons (Fsp3) is 0.154. The van der Waals surface area contributed by atoms with Gasteiger partial charge in [-0.1, -0.05) is 24.1 Å². The Morgan fingerprint density at radius 3 is 2.87 bits per heavy atom. The van der Waals surface area contributed by atoms with Crippen molar-refractivity contribution in [1.82, 2.24) is 9.78 Å². The molecule has 74 valence electrons. The van der Waals surface area contributed by atoms with Gasteiger partial charge in [0.1, 0.15) is 0 Å². The molecule has 0 fully saturated rings. The van der Waals surface area contributed by atoms with Crippen LogP contribution in [0.3, 0.4) is 0 Å². The van der Waals surface area contributed by atoms with Gasteiger partial charge in [0.05, 0.1) is 6.20 Å². The average Bonchev–Trinajstić information content (AvgIpc) is 2.77. The van der Waals surface area contributed by atoms with Gasteiger partial charge in [-0.15, -0.1) is 6.42 Å². The number of hydrogen-bond acceptors (Lipinski definition) is 1. The van der Waals surface area contributed by atoms with Crippen LogP contribution in [0.2, 0.25) is 0 Å². The van der Waals surface area contributed by atoms with Crippen molar-refractivity contribution in [3.63, 3.8) is 0 Å². The molecule has 1 aromatic carbocycles. The summed E-state index contributed by atoms with van der Waals surface area (Å²) >= 11 is 0. The van der Waals surface area contributed by atoms with E-state index in [0.29, 0.717) is 0 Å². The van der Waals surface area contributed by atoms with Crippen molar-refractivity contribution in [1.29, 1.82) is 0 Å². The highest BCUT2D eigenvalue weighted by Crippen LogP contribution is 2.22. The zero-order chi connectivity index (χ0) is 10.7. The summed E-state index contributed by atoms with van der Waals surface area (Å²) in [5, 5.41) is 4.23.